The van der Waals surface area contributed by atoms with Gasteiger partial charge in [-0.15, -0.1) is 0 Å². The number of hydrogen-bond donors (Lipinski definition) is 1. The van der Waals surface area contributed by atoms with E-state index in [0.717, 1.165) is 33.7 Å². The van der Waals surface area contributed by atoms with E-state index in [-0.39, 0.29) is 5.91 Å². The molecule has 0 saturated carbocycles. The monoisotopic (exact) mass is 421 g/mol. The first-order valence-electron chi connectivity index (χ1n) is 10.5. The molecule has 3 heterocycles. The number of hydrogen-bond acceptors (Lipinski definition) is 3. The fraction of sp³-hybridized carbons (Fsp3) is 0.115. The van der Waals surface area contributed by atoms with Crippen LogP contribution in [0.1, 0.15) is 21.6 Å². The van der Waals surface area contributed by atoms with Crippen molar-refractivity contribution in [2.24, 2.45) is 7.05 Å². The number of rotatable bonds is 4. The first kappa shape index (κ1) is 19.8. The topological polar surface area (TPSA) is 64.2 Å². The lowest BCUT2D eigenvalue weighted by Crippen LogP contribution is -2.16. The largest absolute Gasteiger partial charge is 0.320 e. The molecule has 0 bridgehead atoms. The zero-order valence-electron chi connectivity index (χ0n) is 18.2. The number of imidazole rings is 1. The molecule has 0 aliphatic rings. The predicted molar refractivity (Wildman–Crippen MR) is 127 cm³/mol. The number of benzene rings is 2. The highest BCUT2D eigenvalue weighted by Gasteiger charge is 2.17. The molecule has 0 aliphatic heterocycles. The van der Waals surface area contributed by atoms with Crippen LogP contribution in [0, 0.1) is 13.8 Å². The van der Waals surface area contributed by atoms with E-state index in [1.165, 1.54) is 5.56 Å². The maximum absolute atomic E-state index is 13.1. The lowest BCUT2D eigenvalue weighted by Gasteiger charge is -2.09. The van der Waals surface area contributed by atoms with Gasteiger partial charge >= 0.3 is 0 Å². The van der Waals surface area contributed by atoms with Gasteiger partial charge in [-0.2, -0.15) is 5.10 Å². The van der Waals surface area contributed by atoms with Gasteiger partial charge in [0.1, 0.15) is 11.3 Å². The van der Waals surface area contributed by atoms with Crippen molar-refractivity contribution in [3.63, 3.8) is 0 Å². The summed E-state index contributed by atoms with van der Waals surface area (Å²) in [4.78, 5) is 17.9. The van der Waals surface area contributed by atoms with Gasteiger partial charge in [0.15, 0.2) is 0 Å². The Bertz CT molecular complexity index is 1440. The van der Waals surface area contributed by atoms with Gasteiger partial charge in [0.05, 0.1) is 17.1 Å². The molecule has 2 aromatic carbocycles. The molecular weight excluding hydrogens is 398 g/mol. The third-order valence-corrected chi connectivity index (χ3v) is 5.59. The van der Waals surface area contributed by atoms with Crippen LogP contribution in [0.25, 0.3) is 28.2 Å². The number of pyridine rings is 1. The van der Waals surface area contributed by atoms with Crippen LogP contribution in [0.5, 0.6) is 0 Å². The minimum atomic E-state index is -0.217. The van der Waals surface area contributed by atoms with E-state index in [2.05, 4.69) is 10.4 Å². The summed E-state index contributed by atoms with van der Waals surface area (Å²) in [7, 11) is 1.78. The molecule has 1 N–H and O–H groups in total. The highest BCUT2D eigenvalue weighted by atomic mass is 16.2. The summed E-state index contributed by atoms with van der Waals surface area (Å²) in [5.41, 5.74) is 7.79. The number of nitrogens with zero attached hydrogens (tertiary/aromatic N) is 4. The van der Waals surface area contributed by atoms with Gasteiger partial charge in [-0.05, 0) is 37.6 Å². The normalized spacial score (nSPS) is 11.1. The number of carbonyl (C=O) groups is 1. The third kappa shape index (κ3) is 3.56. The molecule has 0 fully saturated rings. The molecule has 0 unspecified atom stereocenters. The first-order chi connectivity index (χ1) is 15.5. The molecule has 6 heteroatoms. The van der Waals surface area contributed by atoms with Gasteiger partial charge in [0, 0.05) is 30.6 Å². The molecule has 5 aromatic rings. The van der Waals surface area contributed by atoms with Gasteiger partial charge in [0.25, 0.3) is 5.91 Å². The zero-order valence-corrected chi connectivity index (χ0v) is 18.2. The quantitative estimate of drug-likeness (QED) is 0.430. The van der Waals surface area contributed by atoms with Crippen molar-refractivity contribution >= 4 is 17.2 Å². The maximum atomic E-state index is 13.1. The summed E-state index contributed by atoms with van der Waals surface area (Å²) in [6, 6.07) is 21.7. The predicted octanol–water partition coefficient (Wildman–Crippen LogP) is 5.27. The van der Waals surface area contributed by atoms with E-state index >= 15 is 0 Å². The molecule has 158 valence electrons. The van der Waals surface area contributed by atoms with Crippen LogP contribution in [-0.2, 0) is 7.05 Å². The minimum absolute atomic E-state index is 0.217. The van der Waals surface area contributed by atoms with Crippen molar-refractivity contribution < 1.29 is 4.79 Å². The fourth-order valence-electron chi connectivity index (χ4n) is 3.83. The Labute approximate surface area is 186 Å². The Morgan fingerprint density at radius 3 is 2.50 bits per heavy atom. The summed E-state index contributed by atoms with van der Waals surface area (Å²) in [5.74, 6) is -0.217. The Kier molecular flexibility index (Phi) is 4.82. The van der Waals surface area contributed by atoms with E-state index in [0.29, 0.717) is 11.4 Å². The lowest BCUT2D eigenvalue weighted by molar-refractivity contribution is 0.101. The van der Waals surface area contributed by atoms with E-state index in [9.17, 15) is 4.79 Å². The van der Waals surface area contributed by atoms with Crippen LogP contribution >= 0.6 is 0 Å². The minimum Gasteiger partial charge on any atom is -0.320 e. The Balaban J connectivity index is 1.47. The molecule has 0 saturated heterocycles. The second kappa shape index (κ2) is 7.81. The van der Waals surface area contributed by atoms with Crippen molar-refractivity contribution in [3.05, 3.63) is 95.9 Å². The number of aromatic nitrogens is 4. The smallest absolute Gasteiger partial charge is 0.273 e. The molecular formula is C26H23N5O. The van der Waals surface area contributed by atoms with E-state index in [4.69, 9.17) is 4.98 Å². The average Bonchev–Trinajstić information content (AvgIpc) is 3.39. The Morgan fingerprint density at radius 2 is 1.72 bits per heavy atom. The molecule has 5 rings (SSSR count). The number of amides is 1. The van der Waals surface area contributed by atoms with Gasteiger partial charge in [-0.1, -0.05) is 54.1 Å². The first-order valence-corrected chi connectivity index (χ1v) is 10.5. The molecule has 1 amide bonds. The number of fused-ring (bicyclic) bond motifs is 1. The Hall–Kier alpha value is -4.19. The number of carbonyl (C=O) groups excluding carboxylic acids is 1. The zero-order chi connectivity index (χ0) is 22.2. The Morgan fingerprint density at radius 1 is 0.938 bits per heavy atom. The van der Waals surface area contributed by atoms with E-state index < -0.39 is 0 Å². The molecule has 0 spiro atoms. The second-order valence-corrected chi connectivity index (χ2v) is 7.95. The SMILES string of the molecule is Cc1ccc(-c2cc(C(=O)Nc3ccccc3-c3cn4cccc(C)c4n3)n(C)n2)cc1. The highest BCUT2D eigenvalue weighted by molar-refractivity contribution is 6.05. The summed E-state index contributed by atoms with van der Waals surface area (Å²) in [6.07, 6.45) is 3.95. The van der Waals surface area contributed by atoms with Gasteiger partial charge in [0.2, 0.25) is 0 Å². The molecule has 3 aromatic heterocycles. The number of para-hydroxylation sites is 1. The van der Waals surface area contributed by atoms with Crippen molar-refractivity contribution in [2.75, 3.05) is 5.32 Å². The van der Waals surface area contributed by atoms with E-state index in [1.807, 2.05) is 97.4 Å². The van der Waals surface area contributed by atoms with E-state index in [1.54, 1.807) is 11.7 Å². The van der Waals surface area contributed by atoms with Crippen molar-refractivity contribution in [1.29, 1.82) is 0 Å². The summed E-state index contributed by atoms with van der Waals surface area (Å²) in [6.45, 7) is 4.08. The number of aryl methyl sites for hydroxylation is 3. The van der Waals surface area contributed by atoms with Crippen LogP contribution < -0.4 is 5.32 Å². The highest BCUT2D eigenvalue weighted by Crippen LogP contribution is 2.29. The summed E-state index contributed by atoms with van der Waals surface area (Å²) < 4.78 is 3.61. The third-order valence-electron chi connectivity index (χ3n) is 5.59. The van der Waals surface area contributed by atoms with Crippen molar-refractivity contribution in [2.45, 2.75) is 13.8 Å². The molecule has 0 radical (unpaired) electrons. The van der Waals surface area contributed by atoms with Crippen LogP contribution in [0.4, 0.5) is 5.69 Å². The molecule has 6 nitrogen and oxygen atoms in total. The number of nitrogens with one attached hydrogen (secondary N) is 1. The van der Waals surface area contributed by atoms with Gasteiger partial charge in [-0.3, -0.25) is 9.48 Å². The van der Waals surface area contributed by atoms with Gasteiger partial charge in [-0.25, -0.2) is 4.98 Å². The van der Waals surface area contributed by atoms with Crippen LogP contribution in [0.2, 0.25) is 0 Å². The molecule has 0 atom stereocenters. The second-order valence-electron chi connectivity index (χ2n) is 7.95. The lowest BCUT2D eigenvalue weighted by atomic mass is 10.1. The average molecular weight is 422 g/mol. The fourth-order valence-corrected chi connectivity index (χ4v) is 3.83. The summed E-state index contributed by atoms with van der Waals surface area (Å²) in [5, 5.41) is 7.58. The molecule has 0 aliphatic carbocycles. The van der Waals surface area contributed by atoms with Crippen LogP contribution in [0.15, 0.2) is 79.1 Å². The van der Waals surface area contributed by atoms with Crippen LogP contribution in [0.3, 0.4) is 0 Å². The maximum Gasteiger partial charge on any atom is 0.273 e. The molecule has 32 heavy (non-hydrogen) atoms. The standard InChI is InChI=1S/C26H23N5O/c1-17-10-12-19(13-11-17)22-15-24(30(3)29-22)26(32)28-21-9-5-4-8-20(21)23-16-31-14-6-7-18(2)25(31)27-23/h4-16H,1-3H3,(H,28,32). The van der Waals surface area contributed by atoms with Crippen molar-refractivity contribution in [3.8, 4) is 22.5 Å². The summed E-state index contributed by atoms with van der Waals surface area (Å²) >= 11 is 0. The number of anilines is 1. The van der Waals surface area contributed by atoms with Gasteiger partial charge < -0.3 is 9.72 Å². The van der Waals surface area contributed by atoms with Crippen LogP contribution in [-0.4, -0.2) is 25.1 Å². The van der Waals surface area contributed by atoms with Crippen molar-refractivity contribution in [1.82, 2.24) is 19.2 Å².